The second kappa shape index (κ2) is 7.33. The maximum Gasteiger partial charge on any atom is 0.254 e. The van der Waals surface area contributed by atoms with Crippen molar-refractivity contribution in [3.8, 4) is 16.8 Å². The molecule has 0 aliphatic rings. The molecule has 0 bridgehead atoms. The van der Waals surface area contributed by atoms with E-state index < -0.39 is 0 Å². The quantitative estimate of drug-likeness (QED) is 0.572. The van der Waals surface area contributed by atoms with E-state index in [1.165, 1.54) is 0 Å². The largest absolute Gasteiger partial charge is 0.472 e. The van der Waals surface area contributed by atoms with Gasteiger partial charge in [0.1, 0.15) is 0 Å². The Kier molecular flexibility index (Phi) is 4.57. The zero-order valence-corrected chi connectivity index (χ0v) is 14.9. The van der Waals surface area contributed by atoms with Gasteiger partial charge in [0, 0.05) is 23.9 Å². The van der Waals surface area contributed by atoms with Gasteiger partial charge in [-0.15, -0.1) is 0 Å². The molecule has 1 amide bonds. The molecule has 0 aliphatic heterocycles. The molecule has 4 aromatic rings. The normalized spacial score (nSPS) is 10.9. The van der Waals surface area contributed by atoms with Gasteiger partial charge < -0.3 is 9.73 Å². The van der Waals surface area contributed by atoms with E-state index in [1.807, 2.05) is 49.5 Å². The maximum absolute atomic E-state index is 12.5. The number of nitrogens with zero attached hydrogens (tertiary/aromatic N) is 4. The van der Waals surface area contributed by atoms with Gasteiger partial charge in [0.15, 0.2) is 0 Å². The van der Waals surface area contributed by atoms with Crippen LogP contribution in [0.2, 0.25) is 0 Å². The van der Waals surface area contributed by atoms with Crippen molar-refractivity contribution in [1.29, 1.82) is 0 Å². The number of rotatable bonds is 6. The number of carbonyl (C=O) groups is 1. The van der Waals surface area contributed by atoms with Gasteiger partial charge in [-0.3, -0.25) is 9.48 Å². The van der Waals surface area contributed by atoms with Gasteiger partial charge in [-0.25, -0.2) is 4.68 Å². The average Bonchev–Trinajstić information content (AvgIpc) is 3.43. The Labute approximate surface area is 156 Å². The van der Waals surface area contributed by atoms with Crippen LogP contribution >= 0.6 is 0 Å². The molecule has 0 unspecified atom stereocenters. The fourth-order valence-corrected chi connectivity index (χ4v) is 2.90. The summed E-state index contributed by atoms with van der Waals surface area (Å²) in [6.45, 7) is 2.94. The summed E-state index contributed by atoms with van der Waals surface area (Å²) in [5, 5.41) is 11.6. The number of hydrogen-bond donors (Lipinski definition) is 1. The molecule has 4 rings (SSSR count). The summed E-state index contributed by atoms with van der Waals surface area (Å²) in [6, 6.07) is 11.6. The predicted octanol–water partition coefficient (Wildman–Crippen LogP) is 3.07. The van der Waals surface area contributed by atoms with Crippen LogP contribution in [0.4, 0.5) is 0 Å². The number of para-hydroxylation sites is 1. The van der Waals surface area contributed by atoms with E-state index in [9.17, 15) is 4.79 Å². The molecule has 7 nitrogen and oxygen atoms in total. The van der Waals surface area contributed by atoms with Crippen molar-refractivity contribution >= 4 is 5.91 Å². The summed E-state index contributed by atoms with van der Waals surface area (Å²) in [5.41, 5.74) is 4.26. The smallest absolute Gasteiger partial charge is 0.254 e. The monoisotopic (exact) mass is 361 g/mol. The lowest BCUT2D eigenvalue weighted by molar-refractivity contribution is 0.0951. The van der Waals surface area contributed by atoms with Crippen LogP contribution in [0.25, 0.3) is 16.8 Å². The molecule has 0 aliphatic carbocycles. The molecule has 0 radical (unpaired) electrons. The highest BCUT2D eigenvalue weighted by Gasteiger charge is 2.14. The van der Waals surface area contributed by atoms with E-state index in [1.54, 1.807) is 34.3 Å². The van der Waals surface area contributed by atoms with E-state index in [4.69, 9.17) is 4.42 Å². The van der Waals surface area contributed by atoms with Crippen molar-refractivity contribution in [3.05, 3.63) is 78.8 Å². The van der Waals surface area contributed by atoms with Gasteiger partial charge in [-0.1, -0.05) is 18.2 Å². The summed E-state index contributed by atoms with van der Waals surface area (Å²) < 4.78 is 8.64. The molecular weight excluding hydrogens is 342 g/mol. The van der Waals surface area contributed by atoms with Crippen LogP contribution in [0, 0.1) is 6.92 Å². The minimum Gasteiger partial charge on any atom is -0.472 e. The SMILES string of the molecule is Cc1c(C(=O)NCCn2cc(-c3ccoc3)cn2)cnn1-c1ccccc1. The van der Waals surface area contributed by atoms with E-state index in [0.717, 1.165) is 22.5 Å². The molecule has 0 spiro atoms. The van der Waals surface area contributed by atoms with Crippen LogP contribution < -0.4 is 5.32 Å². The van der Waals surface area contributed by atoms with E-state index in [-0.39, 0.29) is 5.91 Å². The molecule has 136 valence electrons. The van der Waals surface area contributed by atoms with Crippen LogP contribution in [0.3, 0.4) is 0 Å². The second-order valence-corrected chi connectivity index (χ2v) is 6.15. The minimum absolute atomic E-state index is 0.142. The lowest BCUT2D eigenvalue weighted by Gasteiger charge is -2.07. The Morgan fingerprint density at radius 2 is 1.96 bits per heavy atom. The number of aromatic nitrogens is 4. The fourth-order valence-electron chi connectivity index (χ4n) is 2.90. The van der Waals surface area contributed by atoms with Gasteiger partial charge in [0.05, 0.1) is 48.4 Å². The molecule has 1 aromatic carbocycles. The molecule has 27 heavy (non-hydrogen) atoms. The zero-order valence-electron chi connectivity index (χ0n) is 14.9. The van der Waals surface area contributed by atoms with Crippen LogP contribution in [0.15, 0.2) is 71.9 Å². The molecule has 7 heteroatoms. The molecule has 0 saturated carbocycles. The lowest BCUT2D eigenvalue weighted by Crippen LogP contribution is -2.27. The van der Waals surface area contributed by atoms with Crippen molar-refractivity contribution in [2.24, 2.45) is 0 Å². The van der Waals surface area contributed by atoms with E-state index >= 15 is 0 Å². The van der Waals surface area contributed by atoms with Crippen molar-refractivity contribution in [2.45, 2.75) is 13.5 Å². The fraction of sp³-hybridized carbons (Fsp3) is 0.150. The van der Waals surface area contributed by atoms with Crippen molar-refractivity contribution in [2.75, 3.05) is 6.54 Å². The van der Waals surface area contributed by atoms with E-state index in [0.29, 0.717) is 18.7 Å². The van der Waals surface area contributed by atoms with Crippen LogP contribution in [0.1, 0.15) is 16.1 Å². The zero-order chi connectivity index (χ0) is 18.6. The highest BCUT2D eigenvalue weighted by atomic mass is 16.3. The van der Waals surface area contributed by atoms with Gasteiger partial charge in [-0.05, 0) is 25.1 Å². The van der Waals surface area contributed by atoms with Crippen molar-refractivity contribution in [1.82, 2.24) is 24.9 Å². The molecule has 3 heterocycles. The predicted molar refractivity (Wildman–Crippen MR) is 101 cm³/mol. The number of carbonyl (C=O) groups excluding carboxylic acids is 1. The Morgan fingerprint density at radius 1 is 1.11 bits per heavy atom. The minimum atomic E-state index is -0.142. The third-order valence-electron chi connectivity index (χ3n) is 4.37. The highest BCUT2D eigenvalue weighted by Crippen LogP contribution is 2.18. The van der Waals surface area contributed by atoms with Crippen LogP contribution in [-0.2, 0) is 6.54 Å². The molecule has 0 fully saturated rings. The Balaban J connectivity index is 1.37. The maximum atomic E-state index is 12.5. The first kappa shape index (κ1) is 16.8. The number of amides is 1. The van der Waals surface area contributed by atoms with Gasteiger partial charge in [0.25, 0.3) is 5.91 Å². The van der Waals surface area contributed by atoms with Crippen LogP contribution in [-0.4, -0.2) is 32.0 Å². The number of hydrogen-bond acceptors (Lipinski definition) is 4. The number of nitrogens with one attached hydrogen (secondary N) is 1. The first-order valence-electron chi connectivity index (χ1n) is 8.65. The first-order valence-corrected chi connectivity index (χ1v) is 8.65. The highest BCUT2D eigenvalue weighted by molar-refractivity contribution is 5.95. The van der Waals surface area contributed by atoms with Crippen molar-refractivity contribution < 1.29 is 9.21 Å². The first-order chi connectivity index (χ1) is 13.2. The summed E-state index contributed by atoms with van der Waals surface area (Å²) in [5.74, 6) is -0.142. The molecule has 1 N–H and O–H groups in total. The lowest BCUT2D eigenvalue weighted by atomic mass is 10.2. The third-order valence-corrected chi connectivity index (χ3v) is 4.37. The van der Waals surface area contributed by atoms with Crippen molar-refractivity contribution in [3.63, 3.8) is 0 Å². The molecule has 0 saturated heterocycles. The van der Waals surface area contributed by atoms with E-state index in [2.05, 4.69) is 15.5 Å². The molecule has 0 atom stereocenters. The summed E-state index contributed by atoms with van der Waals surface area (Å²) in [7, 11) is 0. The van der Waals surface area contributed by atoms with Gasteiger partial charge in [0.2, 0.25) is 0 Å². The Hall–Kier alpha value is -3.61. The summed E-state index contributed by atoms with van der Waals surface area (Å²) in [6.07, 6.45) is 8.61. The second-order valence-electron chi connectivity index (χ2n) is 6.15. The van der Waals surface area contributed by atoms with Gasteiger partial charge in [-0.2, -0.15) is 10.2 Å². The number of benzene rings is 1. The Morgan fingerprint density at radius 3 is 2.74 bits per heavy atom. The summed E-state index contributed by atoms with van der Waals surface area (Å²) >= 11 is 0. The molecule has 3 aromatic heterocycles. The standard InChI is InChI=1S/C20H19N5O2/c1-15-19(12-23-25(15)18-5-3-2-4-6-18)20(26)21-8-9-24-13-17(11-22-24)16-7-10-27-14-16/h2-7,10-14H,8-9H2,1H3,(H,21,26). The summed E-state index contributed by atoms with van der Waals surface area (Å²) in [4.78, 5) is 12.5. The van der Waals surface area contributed by atoms with Gasteiger partial charge >= 0.3 is 0 Å². The topological polar surface area (TPSA) is 77.9 Å². The number of furan rings is 1. The molecular formula is C20H19N5O2. The Bertz CT molecular complexity index is 1030. The van der Waals surface area contributed by atoms with Crippen LogP contribution in [0.5, 0.6) is 0 Å². The third kappa shape index (κ3) is 3.52. The average molecular weight is 361 g/mol.